The maximum absolute atomic E-state index is 6.49. The van der Waals surface area contributed by atoms with Gasteiger partial charge in [-0.05, 0) is 17.0 Å². The average Bonchev–Trinajstić information content (AvgIpc) is 2.54. The van der Waals surface area contributed by atoms with Gasteiger partial charge >= 0.3 is 0 Å². The first-order valence-electron chi connectivity index (χ1n) is 7.02. The molecular formula is C18H20Cl2. The molecule has 2 aromatic rings. The van der Waals surface area contributed by atoms with E-state index in [0.717, 1.165) is 6.42 Å². The molecule has 0 amide bonds. The molecular weight excluding hydrogens is 287 g/mol. The molecule has 2 aromatic carbocycles. The van der Waals surface area contributed by atoms with Gasteiger partial charge in [-0.3, -0.25) is 0 Å². The third kappa shape index (κ3) is 2.73. The van der Waals surface area contributed by atoms with Crippen molar-refractivity contribution in [2.45, 2.75) is 18.8 Å². The minimum Gasteiger partial charge on any atom is -0.126 e. The summed E-state index contributed by atoms with van der Waals surface area (Å²) in [7, 11) is 0. The Bertz CT molecular complexity index is 464. The molecule has 0 heterocycles. The molecule has 0 spiro atoms. The highest BCUT2D eigenvalue weighted by Gasteiger charge is 2.39. The molecule has 0 aliphatic rings. The molecule has 0 aromatic heterocycles. The van der Waals surface area contributed by atoms with Crippen molar-refractivity contribution in [3.63, 3.8) is 0 Å². The van der Waals surface area contributed by atoms with Gasteiger partial charge in [-0.2, -0.15) is 0 Å². The van der Waals surface area contributed by atoms with Gasteiger partial charge in [-0.15, -0.1) is 23.2 Å². The Labute approximate surface area is 131 Å². The van der Waals surface area contributed by atoms with Gasteiger partial charge in [0.2, 0.25) is 0 Å². The molecule has 20 heavy (non-hydrogen) atoms. The van der Waals surface area contributed by atoms with E-state index in [1.807, 2.05) is 12.1 Å². The summed E-state index contributed by atoms with van der Waals surface area (Å²) in [6.07, 6.45) is 1.00. The summed E-state index contributed by atoms with van der Waals surface area (Å²) < 4.78 is 0. The molecule has 1 atom stereocenters. The summed E-state index contributed by atoms with van der Waals surface area (Å²) in [4.78, 5) is 0. The number of hydrogen-bond donors (Lipinski definition) is 0. The van der Waals surface area contributed by atoms with Crippen molar-refractivity contribution in [1.82, 2.24) is 0 Å². The first-order valence-corrected chi connectivity index (χ1v) is 8.09. The van der Waals surface area contributed by atoms with Crippen molar-refractivity contribution in [1.29, 1.82) is 0 Å². The highest BCUT2D eigenvalue weighted by Crippen LogP contribution is 2.42. The lowest BCUT2D eigenvalue weighted by Gasteiger charge is -2.39. The van der Waals surface area contributed by atoms with Crippen molar-refractivity contribution >= 4 is 23.2 Å². The Morgan fingerprint density at radius 1 is 0.850 bits per heavy atom. The summed E-state index contributed by atoms with van der Waals surface area (Å²) >= 11 is 12.8. The second-order valence-corrected chi connectivity index (χ2v) is 5.67. The van der Waals surface area contributed by atoms with Crippen LogP contribution >= 0.6 is 23.2 Å². The second kappa shape index (κ2) is 7.15. The summed E-state index contributed by atoms with van der Waals surface area (Å²) in [6, 6.07) is 21.0. The maximum atomic E-state index is 6.49. The Hall–Kier alpha value is -0.980. The molecule has 106 valence electrons. The fourth-order valence-corrected chi connectivity index (χ4v) is 3.97. The summed E-state index contributed by atoms with van der Waals surface area (Å²) in [5, 5.41) is 0. The van der Waals surface area contributed by atoms with E-state index in [-0.39, 0.29) is 5.41 Å². The molecule has 2 heteroatoms. The lowest BCUT2D eigenvalue weighted by atomic mass is 9.67. The van der Waals surface area contributed by atoms with Gasteiger partial charge in [0.05, 0.1) is 0 Å². The van der Waals surface area contributed by atoms with Crippen LogP contribution in [0.4, 0.5) is 0 Å². The van der Waals surface area contributed by atoms with Gasteiger partial charge in [0.25, 0.3) is 0 Å². The predicted octanol–water partition coefficient (Wildman–Crippen LogP) is 5.48. The van der Waals surface area contributed by atoms with Gasteiger partial charge in [-0.1, -0.05) is 74.0 Å². The maximum Gasteiger partial charge on any atom is 0.0377 e. The molecule has 0 bridgehead atoms. The van der Waals surface area contributed by atoms with Crippen LogP contribution in [0.25, 0.3) is 0 Å². The second-order valence-electron chi connectivity index (χ2n) is 5.10. The van der Waals surface area contributed by atoms with Crippen LogP contribution in [0.5, 0.6) is 0 Å². The summed E-state index contributed by atoms with van der Waals surface area (Å²) in [5.41, 5.74) is 2.27. The van der Waals surface area contributed by atoms with Crippen molar-refractivity contribution < 1.29 is 0 Å². The lowest BCUT2D eigenvalue weighted by molar-refractivity contribution is 0.373. The Morgan fingerprint density at radius 2 is 1.30 bits per heavy atom. The molecule has 1 unspecified atom stereocenters. The number of rotatable bonds is 6. The minimum atomic E-state index is -0.222. The van der Waals surface area contributed by atoms with Crippen molar-refractivity contribution in [2.24, 2.45) is 5.92 Å². The summed E-state index contributed by atoms with van der Waals surface area (Å²) in [5.74, 6) is 1.45. The quantitative estimate of drug-likeness (QED) is 0.620. The van der Waals surface area contributed by atoms with E-state index < -0.39 is 0 Å². The first kappa shape index (κ1) is 15.4. The van der Waals surface area contributed by atoms with E-state index in [1.165, 1.54) is 11.1 Å². The molecule has 2 rings (SSSR count). The van der Waals surface area contributed by atoms with Gasteiger partial charge in [0.15, 0.2) is 0 Å². The molecule has 0 saturated carbocycles. The zero-order valence-electron chi connectivity index (χ0n) is 11.7. The van der Waals surface area contributed by atoms with Crippen molar-refractivity contribution in [2.75, 3.05) is 11.8 Å². The van der Waals surface area contributed by atoms with Crippen molar-refractivity contribution in [3.8, 4) is 0 Å². The molecule has 0 radical (unpaired) electrons. The van der Waals surface area contributed by atoms with Crippen LogP contribution in [-0.4, -0.2) is 11.8 Å². The fourth-order valence-electron chi connectivity index (χ4n) is 2.96. The number of alkyl halides is 2. The van der Waals surface area contributed by atoms with Crippen LogP contribution in [0.15, 0.2) is 60.7 Å². The highest BCUT2D eigenvalue weighted by molar-refractivity contribution is 6.20. The molecule has 0 nitrogen and oxygen atoms in total. The third-order valence-corrected chi connectivity index (χ3v) is 4.96. The lowest BCUT2D eigenvalue weighted by Crippen LogP contribution is -2.39. The van der Waals surface area contributed by atoms with E-state index in [9.17, 15) is 0 Å². The Kier molecular flexibility index (Phi) is 5.51. The van der Waals surface area contributed by atoms with Crippen LogP contribution in [0.1, 0.15) is 24.5 Å². The van der Waals surface area contributed by atoms with E-state index in [0.29, 0.717) is 17.7 Å². The predicted molar refractivity (Wildman–Crippen MR) is 88.9 cm³/mol. The largest absolute Gasteiger partial charge is 0.126 e. The van der Waals surface area contributed by atoms with E-state index in [4.69, 9.17) is 23.2 Å². The van der Waals surface area contributed by atoms with Crippen LogP contribution < -0.4 is 0 Å². The average molecular weight is 307 g/mol. The number of benzene rings is 2. The van der Waals surface area contributed by atoms with Gasteiger partial charge in [0.1, 0.15) is 0 Å². The number of halogens is 2. The fraction of sp³-hybridized carbons (Fsp3) is 0.333. The number of hydrogen-bond acceptors (Lipinski definition) is 0. The zero-order chi connectivity index (χ0) is 14.4. The molecule has 0 aliphatic heterocycles. The van der Waals surface area contributed by atoms with Crippen LogP contribution in [0, 0.1) is 5.92 Å². The van der Waals surface area contributed by atoms with Gasteiger partial charge < -0.3 is 0 Å². The molecule has 0 fully saturated rings. The van der Waals surface area contributed by atoms with Gasteiger partial charge in [-0.25, -0.2) is 0 Å². The molecule has 0 aliphatic carbocycles. The highest BCUT2D eigenvalue weighted by atomic mass is 35.5. The topological polar surface area (TPSA) is 0 Å². The van der Waals surface area contributed by atoms with Crippen LogP contribution in [-0.2, 0) is 5.41 Å². The van der Waals surface area contributed by atoms with Crippen LogP contribution in [0.3, 0.4) is 0 Å². The molecule has 0 saturated heterocycles. The monoisotopic (exact) mass is 306 g/mol. The van der Waals surface area contributed by atoms with Crippen molar-refractivity contribution in [3.05, 3.63) is 71.8 Å². The normalized spacial score (nSPS) is 13.2. The summed E-state index contributed by atoms with van der Waals surface area (Å²) in [6.45, 7) is 2.18. The van der Waals surface area contributed by atoms with E-state index >= 15 is 0 Å². The smallest absolute Gasteiger partial charge is 0.0377 e. The first-order chi connectivity index (χ1) is 9.79. The third-order valence-electron chi connectivity index (χ3n) is 4.16. The minimum absolute atomic E-state index is 0.222. The Balaban J connectivity index is 2.64. The SMILES string of the molecule is CCC(CCl)C(CCl)(c1ccccc1)c1ccccc1. The van der Waals surface area contributed by atoms with E-state index in [1.54, 1.807) is 0 Å². The van der Waals surface area contributed by atoms with Gasteiger partial charge in [0, 0.05) is 17.2 Å². The zero-order valence-corrected chi connectivity index (χ0v) is 13.2. The van der Waals surface area contributed by atoms with Crippen LogP contribution in [0.2, 0.25) is 0 Å². The Morgan fingerprint density at radius 3 is 1.60 bits per heavy atom. The molecule has 0 N–H and O–H groups in total. The standard InChI is InChI=1S/C18H20Cl2/c1-2-15(13-19)18(14-20,16-9-5-3-6-10-16)17-11-7-4-8-12-17/h3-12,15H,2,13-14H2,1H3. The van der Waals surface area contributed by atoms with E-state index in [2.05, 4.69) is 55.5 Å².